The van der Waals surface area contributed by atoms with Crippen LogP contribution in [0.3, 0.4) is 0 Å². The molecule has 0 aliphatic heterocycles. The third-order valence-corrected chi connectivity index (χ3v) is 5.32. The Morgan fingerprint density at radius 1 is 1.35 bits per heavy atom. The average Bonchev–Trinajstić information content (AvgIpc) is 2.53. The Hall–Kier alpha value is -0.790. The Labute approximate surface area is 103 Å². The van der Waals surface area contributed by atoms with Crippen LogP contribution in [0.1, 0.15) is 39.0 Å². The molecule has 0 amide bonds. The molecule has 0 saturated heterocycles. The molecule has 5 unspecified atom stereocenters. The van der Waals surface area contributed by atoms with Crippen LogP contribution in [0.25, 0.3) is 0 Å². The molecular formula is C15H22O2. The Balaban J connectivity index is 1.66. The first-order valence-corrected chi connectivity index (χ1v) is 6.89. The van der Waals surface area contributed by atoms with Crippen LogP contribution in [0, 0.1) is 29.1 Å². The van der Waals surface area contributed by atoms with Crippen molar-refractivity contribution < 1.29 is 9.53 Å². The maximum absolute atomic E-state index is 11.2. The summed E-state index contributed by atoms with van der Waals surface area (Å²) in [7, 11) is 0. The molecule has 2 nitrogen and oxygen atoms in total. The third-order valence-electron chi connectivity index (χ3n) is 5.32. The molecule has 0 aromatic rings. The lowest BCUT2D eigenvalue weighted by Gasteiger charge is -2.45. The van der Waals surface area contributed by atoms with Crippen molar-refractivity contribution in [1.29, 1.82) is 0 Å². The standard InChI is InChI=1S/C15H22O2/c1-3-14(16)17-9-15(2)7-10-4-11-6-12(8-15)13(11)5-10/h3,10-13H,1,4-9H2,2H3. The van der Waals surface area contributed by atoms with E-state index in [0.717, 1.165) is 23.7 Å². The summed E-state index contributed by atoms with van der Waals surface area (Å²) in [6, 6.07) is 0. The first kappa shape index (κ1) is 11.3. The summed E-state index contributed by atoms with van der Waals surface area (Å²) >= 11 is 0. The van der Waals surface area contributed by atoms with Crippen LogP contribution in [0.4, 0.5) is 0 Å². The van der Waals surface area contributed by atoms with Gasteiger partial charge in [-0.2, -0.15) is 0 Å². The highest BCUT2D eigenvalue weighted by atomic mass is 16.5. The van der Waals surface area contributed by atoms with Gasteiger partial charge in [0.25, 0.3) is 0 Å². The number of hydrogen-bond donors (Lipinski definition) is 0. The van der Waals surface area contributed by atoms with Crippen LogP contribution >= 0.6 is 0 Å². The predicted molar refractivity (Wildman–Crippen MR) is 66.3 cm³/mol. The van der Waals surface area contributed by atoms with Gasteiger partial charge in [-0.1, -0.05) is 13.5 Å². The van der Waals surface area contributed by atoms with Crippen LogP contribution in [-0.2, 0) is 9.53 Å². The minimum Gasteiger partial charge on any atom is -0.462 e. The van der Waals surface area contributed by atoms with Crippen LogP contribution in [0.15, 0.2) is 12.7 Å². The molecule has 3 saturated carbocycles. The first-order valence-electron chi connectivity index (χ1n) is 6.89. The third kappa shape index (κ3) is 1.92. The molecule has 3 fully saturated rings. The number of hydrogen-bond acceptors (Lipinski definition) is 2. The molecule has 2 bridgehead atoms. The molecule has 94 valence electrons. The number of rotatable bonds is 3. The quantitative estimate of drug-likeness (QED) is 0.554. The first-order chi connectivity index (χ1) is 8.09. The molecule has 0 heterocycles. The van der Waals surface area contributed by atoms with E-state index >= 15 is 0 Å². The molecule has 2 heteroatoms. The lowest BCUT2D eigenvalue weighted by molar-refractivity contribution is -0.142. The van der Waals surface area contributed by atoms with Gasteiger partial charge in [-0.05, 0) is 55.8 Å². The summed E-state index contributed by atoms with van der Waals surface area (Å²) in [5.41, 5.74) is 0.216. The van der Waals surface area contributed by atoms with Gasteiger partial charge in [0, 0.05) is 11.5 Å². The van der Waals surface area contributed by atoms with Crippen molar-refractivity contribution in [2.24, 2.45) is 29.1 Å². The van der Waals surface area contributed by atoms with Gasteiger partial charge in [-0.3, -0.25) is 0 Å². The van der Waals surface area contributed by atoms with Gasteiger partial charge < -0.3 is 4.74 Å². The zero-order valence-electron chi connectivity index (χ0n) is 10.7. The topological polar surface area (TPSA) is 26.3 Å². The van der Waals surface area contributed by atoms with E-state index in [-0.39, 0.29) is 11.4 Å². The van der Waals surface area contributed by atoms with Crippen molar-refractivity contribution >= 4 is 5.97 Å². The van der Waals surface area contributed by atoms with E-state index in [1.165, 1.54) is 38.2 Å². The van der Waals surface area contributed by atoms with Crippen LogP contribution in [0.5, 0.6) is 0 Å². The fraction of sp³-hybridized carbons (Fsp3) is 0.800. The molecule has 17 heavy (non-hydrogen) atoms. The van der Waals surface area contributed by atoms with E-state index in [9.17, 15) is 4.79 Å². The lowest BCUT2D eigenvalue weighted by Crippen LogP contribution is -2.38. The van der Waals surface area contributed by atoms with Gasteiger partial charge in [-0.25, -0.2) is 4.79 Å². The maximum atomic E-state index is 11.2. The van der Waals surface area contributed by atoms with Crippen molar-refractivity contribution in [1.82, 2.24) is 0 Å². The molecular weight excluding hydrogens is 212 g/mol. The largest absolute Gasteiger partial charge is 0.462 e. The highest BCUT2D eigenvalue weighted by Crippen LogP contribution is 2.61. The second-order valence-corrected chi connectivity index (χ2v) is 6.79. The summed E-state index contributed by atoms with van der Waals surface area (Å²) < 4.78 is 5.31. The molecule has 0 aromatic heterocycles. The second kappa shape index (κ2) is 3.86. The minimum absolute atomic E-state index is 0.216. The van der Waals surface area contributed by atoms with Crippen molar-refractivity contribution in [3.05, 3.63) is 12.7 Å². The number of esters is 1. The molecule has 5 atom stereocenters. The molecule has 0 aromatic carbocycles. The maximum Gasteiger partial charge on any atom is 0.330 e. The van der Waals surface area contributed by atoms with E-state index in [1.807, 2.05) is 0 Å². The zero-order chi connectivity index (χ0) is 12.0. The Morgan fingerprint density at radius 2 is 2.18 bits per heavy atom. The summed E-state index contributed by atoms with van der Waals surface area (Å²) in [6.07, 6.45) is 8.10. The molecule has 0 spiro atoms. The SMILES string of the molecule is C=CC(=O)OCC1(C)CC2CC3CC(C1)C3C2. The van der Waals surface area contributed by atoms with E-state index in [4.69, 9.17) is 4.74 Å². The number of ether oxygens (including phenoxy) is 1. The van der Waals surface area contributed by atoms with E-state index in [2.05, 4.69) is 13.5 Å². The molecule has 0 N–H and O–H groups in total. The smallest absolute Gasteiger partial charge is 0.330 e. The Kier molecular flexibility index (Phi) is 2.57. The fourth-order valence-electron chi connectivity index (χ4n) is 4.73. The van der Waals surface area contributed by atoms with Gasteiger partial charge in [-0.15, -0.1) is 0 Å². The zero-order valence-corrected chi connectivity index (χ0v) is 10.7. The van der Waals surface area contributed by atoms with Crippen LogP contribution < -0.4 is 0 Å². The van der Waals surface area contributed by atoms with Crippen molar-refractivity contribution in [2.75, 3.05) is 6.61 Å². The van der Waals surface area contributed by atoms with Gasteiger partial charge in [0.05, 0.1) is 6.61 Å². The van der Waals surface area contributed by atoms with Gasteiger partial charge in [0.15, 0.2) is 0 Å². The molecule has 3 rings (SSSR count). The van der Waals surface area contributed by atoms with E-state index < -0.39 is 0 Å². The average molecular weight is 234 g/mol. The van der Waals surface area contributed by atoms with Gasteiger partial charge in [0.1, 0.15) is 0 Å². The molecule has 0 radical (unpaired) electrons. The summed E-state index contributed by atoms with van der Waals surface area (Å²) in [5.74, 6) is 3.60. The van der Waals surface area contributed by atoms with Crippen molar-refractivity contribution in [3.8, 4) is 0 Å². The second-order valence-electron chi connectivity index (χ2n) is 6.79. The highest BCUT2D eigenvalue weighted by molar-refractivity contribution is 5.81. The predicted octanol–water partition coefficient (Wildman–Crippen LogP) is 3.18. The fourth-order valence-corrected chi connectivity index (χ4v) is 4.73. The van der Waals surface area contributed by atoms with E-state index in [0.29, 0.717) is 6.61 Å². The van der Waals surface area contributed by atoms with Crippen LogP contribution in [0.2, 0.25) is 0 Å². The highest BCUT2D eigenvalue weighted by Gasteiger charge is 2.53. The minimum atomic E-state index is -0.271. The normalized spacial score (nSPS) is 46.9. The monoisotopic (exact) mass is 234 g/mol. The summed E-state index contributed by atoms with van der Waals surface area (Å²) in [6.45, 7) is 6.34. The van der Waals surface area contributed by atoms with Gasteiger partial charge in [0.2, 0.25) is 0 Å². The lowest BCUT2D eigenvalue weighted by atomic mass is 9.60. The Bertz CT molecular complexity index is 343. The summed E-state index contributed by atoms with van der Waals surface area (Å²) in [4.78, 5) is 11.2. The van der Waals surface area contributed by atoms with Crippen molar-refractivity contribution in [2.45, 2.75) is 39.0 Å². The number of carbonyl (C=O) groups excluding carboxylic acids is 1. The van der Waals surface area contributed by atoms with E-state index in [1.54, 1.807) is 0 Å². The number of fused-ring (bicyclic) bond motifs is 1. The summed E-state index contributed by atoms with van der Waals surface area (Å²) in [5, 5.41) is 0. The molecule has 3 aliphatic rings. The number of carbonyl (C=O) groups is 1. The van der Waals surface area contributed by atoms with Crippen molar-refractivity contribution in [3.63, 3.8) is 0 Å². The molecule has 3 aliphatic carbocycles. The Morgan fingerprint density at radius 3 is 2.94 bits per heavy atom. The van der Waals surface area contributed by atoms with Crippen LogP contribution in [-0.4, -0.2) is 12.6 Å². The van der Waals surface area contributed by atoms with Gasteiger partial charge >= 0.3 is 5.97 Å².